The van der Waals surface area contributed by atoms with Crippen LogP contribution in [0.2, 0.25) is 0 Å². The predicted molar refractivity (Wildman–Crippen MR) is 71.2 cm³/mol. The quantitative estimate of drug-likeness (QED) is 0.873. The second-order valence-electron chi connectivity index (χ2n) is 4.13. The van der Waals surface area contributed by atoms with Crippen LogP contribution in [0.3, 0.4) is 0 Å². The number of nitrogens with zero attached hydrogens (tertiary/aromatic N) is 3. The summed E-state index contributed by atoms with van der Waals surface area (Å²) in [7, 11) is 3.85. The molecule has 0 saturated carbocycles. The number of hydrogen-bond donors (Lipinski definition) is 1. The summed E-state index contributed by atoms with van der Waals surface area (Å²) < 4.78 is 5.57. The lowest BCUT2D eigenvalue weighted by molar-refractivity contribution is 0.537. The van der Waals surface area contributed by atoms with E-state index in [4.69, 9.17) is 4.42 Å². The SMILES string of the molecule is CNCCc1nccc(N(C)c2ccc(C)o2)n1. The van der Waals surface area contributed by atoms with E-state index in [1.54, 1.807) is 6.20 Å². The van der Waals surface area contributed by atoms with Crippen LogP contribution >= 0.6 is 0 Å². The van der Waals surface area contributed by atoms with Crippen molar-refractivity contribution in [3.8, 4) is 0 Å². The average Bonchev–Trinajstić information content (AvgIpc) is 2.82. The minimum absolute atomic E-state index is 0.783. The lowest BCUT2D eigenvalue weighted by Gasteiger charge is -2.15. The topological polar surface area (TPSA) is 54.2 Å². The van der Waals surface area contributed by atoms with Gasteiger partial charge in [-0.25, -0.2) is 9.97 Å². The highest BCUT2D eigenvalue weighted by Gasteiger charge is 2.09. The number of likely N-dealkylation sites (N-methyl/N-ethyl adjacent to an activating group) is 1. The van der Waals surface area contributed by atoms with Crippen LogP contribution in [-0.4, -0.2) is 30.6 Å². The highest BCUT2D eigenvalue weighted by Crippen LogP contribution is 2.23. The van der Waals surface area contributed by atoms with Gasteiger partial charge in [-0.05, 0) is 26.1 Å². The molecule has 2 aromatic rings. The smallest absolute Gasteiger partial charge is 0.200 e. The number of aryl methyl sites for hydroxylation is 1. The van der Waals surface area contributed by atoms with E-state index in [0.717, 1.165) is 36.3 Å². The standard InChI is InChI=1S/C13H18N4O/c1-10-4-5-13(18-10)17(3)12-7-9-15-11(16-12)6-8-14-2/h4-5,7,9,14H,6,8H2,1-3H3. The maximum absolute atomic E-state index is 5.57. The van der Waals surface area contributed by atoms with Gasteiger partial charge in [-0.2, -0.15) is 0 Å². The summed E-state index contributed by atoms with van der Waals surface area (Å²) in [6.07, 6.45) is 2.59. The Morgan fingerprint density at radius 3 is 2.83 bits per heavy atom. The summed E-state index contributed by atoms with van der Waals surface area (Å²) in [5.41, 5.74) is 0. The van der Waals surface area contributed by atoms with Crippen LogP contribution in [0.1, 0.15) is 11.6 Å². The first kappa shape index (κ1) is 12.6. The monoisotopic (exact) mass is 246 g/mol. The van der Waals surface area contributed by atoms with E-state index in [1.165, 1.54) is 0 Å². The van der Waals surface area contributed by atoms with Gasteiger partial charge >= 0.3 is 0 Å². The summed E-state index contributed by atoms with van der Waals surface area (Å²) in [4.78, 5) is 10.7. The van der Waals surface area contributed by atoms with Gasteiger partial charge in [0.05, 0.1) is 0 Å². The molecule has 0 aliphatic heterocycles. The number of nitrogens with one attached hydrogen (secondary N) is 1. The maximum Gasteiger partial charge on any atom is 0.200 e. The third-order valence-electron chi connectivity index (χ3n) is 2.69. The molecular weight excluding hydrogens is 228 g/mol. The zero-order valence-corrected chi connectivity index (χ0v) is 11.0. The van der Waals surface area contributed by atoms with Gasteiger partial charge in [-0.1, -0.05) is 0 Å². The van der Waals surface area contributed by atoms with Crippen molar-refractivity contribution in [3.05, 3.63) is 36.0 Å². The van der Waals surface area contributed by atoms with Crippen molar-refractivity contribution in [2.75, 3.05) is 25.5 Å². The normalized spacial score (nSPS) is 10.6. The molecule has 0 spiro atoms. The van der Waals surface area contributed by atoms with Gasteiger partial charge < -0.3 is 9.73 Å². The largest absolute Gasteiger partial charge is 0.445 e. The van der Waals surface area contributed by atoms with Crippen molar-refractivity contribution in [1.82, 2.24) is 15.3 Å². The Morgan fingerprint density at radius 1 is 1.33 bits per heavy atom. The number of aromatic nitrogens is 2. The third-order valence-corrected chi connectivity index (χ3v) is 2.69. The summed E-state index contributed by atoms with van der Waals surface area (Å²) >= 11 is 0. The van der Waals surface area contributed by atoms with E-state index in [2.05, 4.69) is 15.3 Å². The molecule has 0 atom stereocenters. The van der Waals surface area contributed by atoms with Gasteiger partial charge in [0.1, 0.15) is 17.4 Å². The Kier molecular flexibility index (Phi) is 3.94. The summed E-state index contributed by atoms with van der Waals surface area (Å²) in [5, 5.41) is 3.09. The Labute approximate surface area is 107 Å². The fourth-order valence-electron chi connectivity index (χ4n) is 1.65. The maximum atomic E-state index is 5.57. The molecule has 0 aliphatic carbocycles. The Morgan fingerprint density at radius 2 is 2.17 bits per heavy atom. The zero-order valence-electron chi connectivity index (χ0n) is 11.0. The summed E-state index contributed by atoms with van der Waals surface area (Å²) in [6.45, 7) is 2.79. The van der Waals surface area contributed by atoms with Gasteiger partial charge in [0.2, 0.25) is 5.88 Å². The molecule has 5 heteroatoms. The number of furan rings is 1. The molecule has 1 N–H and O–H groups in total. The van der Waals surface area contributed by atoms with Crippen molar-refractivity contribution in [2.24, 2.45) is 0 Å². The van der Waals surface area contributed by atoms with Gasteiger partial charge in [0, 0.05) is 32.3 Å². The molecule has 0 bridgehead atoms. The van der Waals surface area contributed by atoms with Gasteiger partial charge in [-0.15, -0.1) is 0 Å². The first-order chi connectivity index (χ1) is 8.70. The average molecular weight is 246 g/mol. The molecule has 5 nitrogen and oxygen atoms in total. The Balaban J connectivity index is 2.17. The van der Waals surface area contributed by atoms with Crippen LogP contribution in [0.25, 0.3) is 0 Å². The van der Waals surface area contributed by atoms with Crippen molar-refractivity contribution in [1.29, 1.82) is 0 Å². The molecule has 0 fully saturated rings. The second-order valence-corrected chi connectivity index (χ2v) is 4.13. The summed E-state index contributed by atoms with van der Waals surface area (Å²) in [5.74, 6) is 3.34. The van der Waals surface area contributed by atoms with E-state index < -0.39 is 0 Å². The lowest BCUT2D eigenvalue weighted by Crippen LogP contribution is -2.15. The predicted octanol–water partition coefficient (Wildman–Crippen LogP) is 1.91. The molecule has 0 unspecified atom stereocenters. The highest BCUT2D eigenvalue weighted by atomic mass is 16.4. The minimum Gasteiger partial charge on any atom is -0.445 e. The molecule has 0 amide bonds. The first-order valence-electron chi connectivity index (χ1n) is 5.97. The molecule has 96 valence electrons. The highest BCUT2D eigenvalue weighted by molar-refractivity contribution is 5.52. The van der Waals surface area contributed by atoms with Crippen molar-refractivity contribution >= 4 is 11.7 Å². The molecular formula is C13H18N4O. The van der Waals surface area contributed by atoms with E-state index in [1.807, 2.05) is 44.1 Å². The molecule has 2 aromatic heterocycles. The van der Waals surface area contributed by atoms with E-state index in [0.29, 0.717) is 0 Å². The van der Waals surface area contributed by atoms with Crippen LogP contribution in [0.4, 0.5) is 11.7 Å². The second kappa shape index (κ2) is 5.64. The summed E-state index contributed by atoms with van der Waals surface area (Å²) in [6, 6.07) is 5.75. The fraction of sp³-hybridized carbons (Fsp3) is 0.385. The van der Waals surface area contributed by atoms with E-state index in [-0.39, 0.29) is 0 Å². The molecule has 0 aromatic carbocycles. The van der Waals surface area contributed by atoms with E-state index >= 15 is 0 Å². The Hall–Kier alpha value is -1.88. The molecule has 0 saturated heterocycles. The van der Waals surface area contributed by atoms with Crippen molar-refractivity contribution < 1.29 is 4.42 Å². The van der Waals surface area contributed by atoms with Crippen LogP contribution in [0.15, 0.2) is 28.8 Å². The van der Waals surface area contributed by atoms with Gasteiger partial charge in [0.15, 0.2) is 0 Å². The minimum atomic E-state index is 0.783. The van der Waals surface area contributed by atoms with Gasteiger partial charge in [-0.3, -0.25) is 4.90 Å². The Bertz CT molecular complexity index is 509. The molecule has 0 radical (unpaired) electrons. The van der Waals surface area contributed by atoms with Crippen LogP contribution in [-0.2, 0) is 6.42 Å². The molecule has 2 heterocycles. The number of anilines is 2. The van der Waals surface area contributed by atoms with Crippen LogP contribution in [0.5, 0.6) is 0 Å². The van der Waals surface area contributed by atoms with E-state index in [9.17, 15) is 0 Å². The zero-order chi connectivity index (χ0) is 13.0. The van der Waals surface area contributed by atoms with Crippen LogP contribution < -0.4 is 10.2 Å². The fourth-order valence-corrected chi connectivity index (χ4v) is 1.65. The first-order valence-corrected chi connectivity index (χ1v) is 5.97. The van der Waals surface area contributed by atoms with Crippen LogP contribution in [0, 0.1) is 6.92 Å². The molecule has 2 rings (SSSR count). The molecule has 18 heavy (non-hydrogen) atoms. The lowest BCUT2D eigenvalue weighted by atomic mass is 10.4. The number of hydrogen-bond acceptors (Lipinski definition) is 5. The van der Waals surface area contributed by atoms with Crippen molar-refractivity contribution in [3.63, 3.8) is 0 Å². The molecule has 0 aliphatic rings. The third kappa shape index (κ3) is 2.87. The number of rotatable bonds is 5. The van der Waals surface area contributed by atoms with Crippen molar-refractivity contribution in [2.45, 2.75) is 13.3 Å². The van der Waals surface area contributed by atoms with Gasteiger partial charge in [0.25, 0.3) is 0 Å².